The topological polar surface area (TPSA) is 140 Å². The first-order chi connectivity index (χ1) is 16.6. The molecule has 0 spiro atoms. The summed E-state index contributed by atoms with van der Waals surface area (Å²) in [5, 5.41) is 18.2. The quantitative estimate of drug-likeness (QED) is 0.274. The molecule has 12 nitrogen and oxygen atoms in total. The lowest BCUT2D eigenvalue weighted by molar-refractivity contribution is -0.384. The number of nitro groups is 1. The second-order valence-corrected chi connectivity index (χ2v) is 7.38. The highest BCUT2D eigenvalue weighted by atomic mass is 16.6. The molecule has 1 saturated heterocycles. The molecule has 0 saturated carbocycles. The van der Waals surface area contributed by atoms with Crippen molar-refractivity contribution in [3.63, 3.8) is 0 Å². The number of non-ortho nitro benzene ring substituents is 1. The predicted molar refractivity (Wildman–Crippen MR) is 128 cm³/mol. The van der Waals surface area contributed by atoms with E-state index in [0.717, 1.165) is 31.5 Å². The summed E-state index contributed by atoms with van der Waals surface area (Å²) in [6.07, 6.45) is 3.73. The molecule has 1 aliphatic heterocycles. The van der Waals surface area contributed by atoms with Gasteiger partial charge in [-0.25, -0.2) is 5.43 Å². The van der Waals surface area contributed by atoms with Gasteiger partial charge in [0, 0.05) is 42.5 Å². The number of hydrogen-bond acceptors (Lipinski definition) is 11. The normalized spacial score (nSPS) is 13.2. The van der Waals surface area contributed by atoms with Gasteiger partial charge in [-0.3, -0.25) is 10.1 Å². The van der Waals surface area contributed by atoms with Crippen LogP contribution in [0.15, 0.2) is 47.6 Å². The van der Waals surface area contributed by atoms with Crippen molar-refractivity contribution < 1.29 is 14.4 Å². The van der Waals surface area contributed by atoms with Crippen LogP contribution in [0.25, 0.3) is 0 Å². The van der Waals surface area contributed by atoms with Gasteiger partial charge < -0.3 is 19.7 Å². The Kier molecular flexibility index (Phi) is 6.96. The van der Waals surface area contributed by atoms with Crippen LogP contribution in [0.4, 0.5) is 29.2 Å². The number of nitrogens with zero attached hydrogens (tertiary/aromatic N) is 6. The third-order valence-electron chi connectivity index (χ3n) is 5.16. The number of anilines is 4. The van der Waals surface area contributed by atoms with E-state index in [1.165, 1.54) is 12.1 Å². The summed E-state index contributed by atoms with van der Waals surface area (Å²) in [7, 11) is 3.16. The Bertz CT molecular complexity index is 1180. The van der Waals surface area contributed by atoms with Gasteiger partial charge in [-0.1, -0.05) is 0 Å². The zero-order chi connectivity index (χ0) is 23.9. The Morgan fingerprint density at radius 2 is 1.76 bits per heavy atom. The minimum atomic E-state index is -0.448. The summed E-state index contributed by atoms with van der Waals surface area (Å²) in [6.45, 7) is 1.71. The zero-order valence-electron chi connectivity index (χ0n) is 18.8. The van der Waals surface area contributed by atoms with Crippen LogP contribution in [-0.4, -0.2) is 53.4 Å². The molecule has 1 aliphatic rings. The van der Waals surface area contributed by atoms with Gasteiger partial charge in [0.1, 0.15) is 11.5 Å². The number of hydrogen-bond donors (Lipinski definition) is 2. The largest absolute Gasteiger partial charge is 0.497 e. The van der Waals surface area contributed by atoms with Crippen LogP contribution in [0, 0.1) is 10.1 Å². The minimum Gasteiger partial charge on any atom is -0.497 e. The van der Waals surface area contributed by atoms with Crippen molar-refractivity contribution in [1.29, 1.82) is 0 Å². The summed E-state index contributed by atoms with van der Waals surface area (Å²) in [5.41, 5.74) is 4.21. The van der Waals surface area contributed by atoms with Crippen LogP contribution in [0.3, 0.4) is 0 Å². The molecule has 0 atom stereocenters. The Balaban J connectivity index is 1.56. The molecular weight excluding hydrogens is 440 g/mol. The fraction of sp³-hybridized carbons (Fsp3) is 0.273. The summed E-state index contributed by atoms with van der Waals surface area (Å²) in [5.74, 6) is 2.36. The lowest BCUT2D eigenvalue weighted by Gasteiger charge is -2.16. The van der Waals surface area contributed by atoms with Crippen LogP contribution >= 0.6 is 0 Å². The maximum absolute atomic E-state index is 10.9. The van der Waals surface area contributed by atoms with Crippen LogP contribution in [0.1, 0.15) is 18.4 Å². The van der Waals surface area contributed by atoms with E-state index < -0.39 is 4.92 Å². The first-order valence-electron chi connectivity index (χ1n) is 10.6. The molecule has 4 rings (SSSR count). The highest BCUT2D eigenvalue weighted by molar-refractivity contribution is 5.84. The van der Waals surface area contributed by atoms with E-state index in [1.54, 1.807) is 38.6 Å². The third-order valence-corrected chi connectivity index (χ3v) is 5.16. The minimum absolute atomic E-state index is 0.00426. The molecule has 34 heavy (non-hydrogen) atoms. The van der Waals surface area contributed by atoms with Gasteiger partial charge in [0.25, 0.3) is 5.69 Å². The number of hydrazone groups is 1. The van der Waals surface area contributed by atoms with Crippen LogP contribution < -0.4 is 25.1 Å². The van der Waals surface area contributed by atoms with Crippen LogP contribution in [-0.2, 0) is 0 Å². The molecule has 12 heteroatoms. The van der Waals surface area contributed by atoms with Gasteiger partial charge in [-0.05, 0) is 37.1 Å². The molecule has 2 N–H and O–H groups in total. The van der Waals surface area contributed by atoms with Gasteiger partial charge in [-0.15, -0.1) is 0 Å². The molecule has 1 aromatic heterocycles. The molecule has 0 aliphatic carbocycles. The second kappa shape index (κ2) is 10.4. The molecule has 2 aromatic carbocycles. The first-order valence-corrected chi connectivity index (χ1v) is 10.6. The number of ether oxygens (including phenoxy) is 2. The summed E-state index contributed by atoms with van der Waals surface area (Å²) in [6, 6.07) is 11.4. The molecule has 0 bridgehead atoms. The summed E-state index contributed by atoms with van der Waals surface area (Å²) in [4.78, 5) is 25.9. The number of aromatic nitrogens is 3. The van der Waals surface area contributed by atoms with Gasteiger partial charge in [-0.2, -0.15) is 20.1 Å². The second-order valence-electron chi connectivity index (χ2n) is 7.38. The Hall–Kier alpha value is -4.48. The molecule has 0 unspecified atom stereocenters. The van der Waals surface area contributed by atoms with Gasteiger partial charge in [0.05, 0.1) is 25.4 Å². The molecule has 3 aromatic rings. The fourth-order valence-electron chi connectivity index (χ4n) is 3.41. The molecular formula is C22H24N8O4. The fourth-order valence-corrected chi connectivity index (χ4v) is 3.41. The number of rotatable bonds is 9. The molecule has 2 heterocycles. The monoisotopic (exact) mass is 464 g/mol. The van der Waals surface area contributed by atoms with Gasteiger partial charge in [0.15, 0.2) is 0 Å². The van der Waals surface area contributed by atoms with E-state index in [2.05, 4.69) is 35.7 Å². The highest BCUT2D eigenvalue weighted by Crippen LogP contribution is 2.24. The molecule has 176 valence electrons. The number of nitro benzene ring substituents is 1. The van der Waals surface area contributed by atoms with Crippen molar-refractivity contribution in [2.45, 2.75) is 12.8 Å². The smallest absolute Gasteiger partial charge is 0.269 e. The Morgan fingerprint density at radius 1 is 1.03 bits per heavy atom. The van der Waals surface area contributed by atoms with E-state index in [4.69, 9.17) is 9.47 Å². The number of nitrogens with one attached hydrogen (secondary N) is 2. The van der Waals surface area contributed by atoms with E-state index in [-0.39, 0.29) is 11.6 Å². The standard InChI is InChI=1S/C22H24N8O4/c1-33-18-10-5-15(19(13-18)34-2)14-23-28-21-25-20(26-22(27-21)29-11-3-4-12-29)24-16-6-8-17(9-7-16)30(31)32/h5-10,13-14H,3-4,11-12H2,1-2H3,(H2,24,25,26,27,28)/b23-14+. The average Bonchev–Trinajstić information content (AvgIpc) is 3.39. The molecule has 0 radical (unpaired) electrons. The third kappa shape index (κ3) is 5.46. The summed E-state index contributed by atoms with van der Waals surface area (Å²) < 4.78 is 10.6. The molecule has 1 fully saturated rings. The SMILES string of the molecule is COc1ccc(/C=N/Nc2nc(Nc3ccc([N+](=O)[O-])cc3)nc(N3CCCC3)n2)c(OC)c1. The maximum Gasteiger partial charge on any atom is 0.269 e. The van der Waals surface area contributed by atoms with E-state index in [0.29, 0.717) is 29.1 Å². The van der Waals surface area contributed by atoms with Crippen molar-refractivity contribution >= 4 is 35.4 Å². The molecule has 0 amide bonds. The summed E-state index contributed by atoms with van der Waals surface area (Å²) >= 11 is 0. The predicted octanol–water partition coefficient (Wildman–Crippen LogP) is 3.59. The zero-order valence-corrected chi connectivity index (χ0v) is 18.8. The van der Waals surface area contributed by atoms with E-state index in [1.807, 2.05) is 12.1 Å². The van der Waals surface area contributed by atoms with E-state index >= 15 is 0 Å². The van der Waals surface area contributed by atoms with Crippen LogP contribution in [0.5, 0.6) is 11.5 Å². The average molecular weight is 464 g/mol. The van der Waals surface area contributed by atoms with Crippen molar-refractivity contribution in [3.05, 3.63) is 58.1 Å². The van der Waals surface area contributed by atoms with Gasteiger partial charge in [0.2, 0.25) is 17.8 Å². The maximum atomic E-state index is 10.9. The Morgan fingerprint density at radius 3 is 2.44 bits per heavy atom. The number of benzene rings is 2. The van der Waals surface area contributed by atoms with Crippen molar-refractivity contribution in [2.75, 3.05) is 43.0 Å². The van der Waals surface area contributed by atoms with Gasteiger partial charge >= 0.3 is 0 Å². The highest BCUT2D eigenvalue weighted by Gasteiger charge is 2.18. The Labute approximate surface area is 195 Å². The lowest BCUT2D eigenvalue weighted by atomic mass is 10.2. The number of methoxy groups -OCH3 is 2. The first kappa shape index (κ1) is 22.7. The van der Waals surface area contributed by atoms with Crippen LogP contribution in [0.2, 0.25) is 0 Å². The lowest BCUT2D eigenvalue weighted by Crippen LogP contribution is -2.21. The van der Waals surface area contributed by atoms with Crippen molar-refractivity contribution in [2.24, 2.45) is 5.10 Å². The van der Waals surface area contributed by atoms with Crippen molar-refractivity contribution in [1.82, 2.24) is 15.0 Å². The van der Waals surface area contributed by atoms with E-state index in [9.17, 15) is 10.1 Å². The van der Waals surface area contributed by atoms with Crippen molar-refractivity contribution in [3.8, 4) is 11.5 Å².